The van der Waals surface area contributed by atoms with Gasteiger partial charge in [-0.25, -0.2) is 8.42 Å². The van der Waals surface area contributed by atoms with Gasteiger partial charge in [0.15, 0.2) is 9.84 Å². The van der Waals surface area contributed by atoms with E-state index in [-0.39, 0.29) is 34.6 Å². The van der Waals surface area contributed by atoms with Crippen LogP contribution in [-0.2, 0) is 20.0 Å². The third-order valence-electron chi connectivity index (χ3n) is 2.66. The summed E-state index contributed by atoms with van der Waals surface area (Å²) in [5.41, 5.74) is -0.244. The largest absolute Gasteiger partial charge is 0.286 e. The molecule has 0 aliphatic carbocycles. The number of nitriles is 2. The quantitative estimate of drug-likeness (QED) is 0.604. The number of rotatable bonds is 6. The lowest BCUT2D eigenvalue weighted by Crippen LogP contribution is -2.11. The molecule has 0 saturated heterocycles. The highest BCUT2D eigenvalue weighted by Crippen LogP contribution is 2.20. The summed E-state index contributed by atoms with van der Waals surface area (Å²) in [6.45, 7) is 0. The monoisotopic (exact) mass is 328 g/mol. The van der Waals surface area contributed by atoms with E-state index in [0.29, 0.717) is 0 Å². The minimum atomic E-state index is -4.12. The molecule has 0 aromatic heterocycles. The fourth-order valence-electron chi connectivity index (χ4n) is 1.69. The van der Waals surface area contributed by atoms with E-state index < -0.39 is 25.7 Å². The second-order valence-corrected chi connectivity index (χ2v) is 7.86. The first kappa shape index (κ1) is 17.1. The first-order chi connectivity index (χ1) is 9.71. The van der Waals surface area contributed by atoms with E-state index in [9.17, 15) is 16.8 Å². The molecule has 0 radical (unpaired) electrons. The second kappa shape index (κ2) is 6.68. The molecule has 7 nitrogen and oxygen atoms in total. The highest BCUT2D eigenvalue weighted by atomic mass is 32.2. The van der Waals surface area contributed by atoms with Crippen LogP contribution in [0.3, 0.4) is 0 Å². The maximum absolute atomic E-state index is 12.1. The first-order valence-corrected chi connectivity index (χ1v) is 9.08. The van der Waals surface area contributed by atoms with Gasteiger partial charge in [0.2, 0.25) is 0 Å². The number of hydrogen-bond acceptors (Lipinski definition) is 6. The van der Waals surface area contributed by atoms with Crippen LogP contribution in [0.25, 0.3) is 0 Å². The van der Waals surface area contributed by atoms with Gasteiger partial charge in [-0.3, -0.25) is 4.55 Å². The van der Waals surface area contributed by atoms with Crippen LogP contribution in [0.15, 0.2) is 23.1 Å². The topological polar surface area (TPSA) is 136 Å². The Labute approximate surface area is 123 Å². The van der Waals surface area contributed by atoms with Gasteiger partial charge in [-0.15, -0.1) is 0 Å². The molecular weight excluding hydrogens is 316 g/mol. The minimum Gasteiger partial charge on any atom is -0.286 e. The van der Waals surface area contributed by atoms with Gasteiger partial charge in [0.25, 0.3) is 10.1 Å². The van der Waals surface area contributed by atoms with Crippen LogP contribution in [-0.4, -0.2) is 32.9 Å². The predicted molar refractivity (Wildman–Crippen MR) is 73.6 cm³/mol. The molecule has 1 aromatic carbocycles. The first-order valence-electron chi connectivity index (χ1n) is 5.82. The zero-order valence-corrected chi connectivity index (χ0v) is 12.5. The summed E-state index contributed by atoms with van der Waals surface area (Å²) >= 11 is 0. The van der Waals surface area contributed by atoms with Crippen LogP contribution >= 0.6 is 0 Å². The lowest BCUT2D eigenvalue weighted by Gasteiger charge is -2.07. The van der Waals surface area contributed by atoms with Crippen LogP contribution in [0.1, 0.15) is 24.0 Å². The Morgan fingerprint density at radius 1 is 1.00 bits per heavy atom. The van der Waals surface area contributed by atoms with Gasteiger partial charge in [0.05, 0.1) is 27.5 Å². The third-order valence-corrected chi connectivity index (χ3v) is 5.30. The Morgan fingerprint density at radius 2 is 1.62 bits per heavy atom. The summed E-state index contributed by atoms with van der Waals surface area (Å²) in [7, 11) is -7.92. The fourth-order valence-corrected chi connectivity index (χ4v) is 3.81. The Kier molecular flexibility index (Phi) is 5.44. The van der Waals surface area contributed by atoms with Gasteiger partial charge < -0.3 is 0 Å². The van der Waals surface area contributed by atoms with E-state index in [4.69, 9.17) is 15.1 Å². The fraction of sp³-hybridized carbons (Fsp3) is 0.333. The zero-order valence-electron chi connectivity index (χ0n) is 10.9. The van der Waals surface area contributed by atoms with Crippen LogP contribution in [0.2, 0.25) is 0 Å². The molecule has 0 spiro atoms. The normalized spacial score (nSPS) is 11.6. The molecule has 1 N–H and O–H groups in total. The molecule has 112 valence electrons. The van der Waals surface area contributed by atoms with Gasteiger partial charge in [-0.05, 0) is 25.0 Å². The molecule has 0 amide bonds. The third kappa shape index (κ3) is 4.83. The molecule has 0 aliphatic heterocycles. The van der Waals surface area contributed by atoms with E-state index >= 15 is 0 Å². The minimum absolute atomic E-state index is 0.0160. The smallest absolute Gasteiger partial charge is 0.264 e. The summed E-state index contributed by atoms with van der Waals surface area (Å²) < 4.78 is 53.9. The maximum Gasteiger partial charge on any atom is 0.264 e. The van der Waals surface area contributed by atoms with Gasteiger partial charge in [0.1, 0.15) is 12.1 Å². The Balaban J connectivity index is 2.95. The van der Waals surface area contributed by atoms with Crippen molar-refractivity contribution in [2.24, 2.45) is 0 Å². The Bertz CT molecular complexity index is 814. The average Bonchev–Trinajstić information content (AvgIpc) is 2.41. The van der Waals surface area contributed by atoms with Crippen molar-refractivity contribution >= 4 is 20.0 Å². The molecule has 0 heterocycles. The number of hydrogen-bond donors (Lipinski definition) is 1. The van der Waals surface area contributed by atoms with Crippen molar-refractivity contribution < 1.29 is 21.4 Å². The molecule has 1 rings (SSSR count). The number of benzene rings is 1. The molecule has 21 heavy (non-hydrogen) atoms. The summed E-state index contributed by atoms with van der Waals surface area (Å²) in [6.07, 6.45) is 0.00165. The van der Waals surface area contributed by atoms with Gasteiger partial charge in [0, 0.05) is 0 Å². The highest BCUT2D eigenvalue weighted by Gasteiger charge is 2.21. The highest BCUT2D eigenvalue weighted by molar-refractivity contribution is 7.91. The molecule has 0 atom stereocenters. The number of sulfone groups is 1. The van der Waals surface area contributed by atoms with Crippen LogP contribution in [0.5, 0.6) is 0 Å². The molecule has 0 unspecified atom stereocenters. The van der Waals surface area contributed by atoms with Crippen molar-refractivity contribution in [1.82, 2.24) is 0 Å². The number of nitrogens with zero attached hydrogens (tertiary/aromatic N) is 2. The molecule has 0 saturated carbocycles. The molecular formula is C12H12N2O5S2. The van der Waals surface area contributed by atoms with Crippen LogP contribution < -0.4 is 0 Å². The molecule has 9 heteroatoms. The van der Waals surface area contributed by atoms with Crippen molar-refractivity contribution in [2.45, 2.75) is 17.7 Å². The second-order valence-electron chi connectivity index (χ2n) is 4.21. The van der Waals surface area contributed by atoms with Crippen LogP contribution in [0, 0.1) is 22.7 Å². The average molecular weight is 328 g/mol. The van der Waals surface area contributed by atoms with E-state index in [1.165, 1.54) is 18.2 Å². The summed E-state index contributed by atoms with van der Waals surface area (Å²) in [5, 5.41) is 17.8. The molecule has 0 bridgehead atoms. The van der Waals surface area contributed by atoms with Crippen molar-refractivity contribution in [3.8, 4) is 12.1 Å². The van der Waals surface area contributed by atoms with Crippen molar-refractivity contribution in [2.75, 3.05) is 11.5 Å². The van der Waals surface area contributed by atoms with Gasteiger partial charge >= 0.3 is 0 Å². The van der Waals surface area contributed by atoms with Gasteiger partial charge in [-0.1, -0.05) is 6.07 Å². The maximum atomic E-state index is 12.1. The molecule has 0 fully saturated rings. The van der Waals surface area contributed by atoms with E-state index in [2.05, 4.69) is 0 Å². The van der Waals surface area contributed by atoms with Gasteiger partial charge in [-0.2, -0.15) is 18.9 Å². The van der Waals surface area contributed by atoms with Crippen molar-refractivity contribution in [1.29, 1.82) is 10.5 Å². The number of unbranched alkanes of at least 4 members (excludes halogenated alkanes) is 1. The summed E-state index contributed by atoms with van der Waals surface area (Å²) in [5.74, 6) is -0.891. The predicted octanol–water partition coefficient (Wildman–Crippen LogP) is 0.872. The lowest BCUT2D eigenvalue weighted by atomic mass is 10.1. The van der Waals surface area contributed by atoms with Crippen molar-refractivity contribution in [3.63, 3.8) is 0 Å². The summed E-state index contributed by atoms with van der Waals surface area (Å²) in [4.78, 5) is -0.240. The Hall–Kier alpha value is -1.94. The molecule has 1 aromatic rings. The van der Waals surface area contributed by atoms with E-state index in [0.717, 1.165) is 0 Å². The van der Waals surface area contributed by atoms with Crippen LogP contribution in [0.4, 0.5) is 0 Å². The lowest BCUT2D eigenvalue weighted by molar-refractivity contribution is 0.480. The standard InChI is InChI=1S/C12H12N2O5S2/c13-8-10-4-3-5-12(11(10)9-14)20(15,16)6-1-2-7-21(17,18)19/h3-5H,1-2,6-7H2,(H,17,18,19). The van der Waals surface area contributed by atoms with E-state index in [1.807, 2.05) is 0 Å². The SMILES string of the molecule is N#Cc1cccc(S(=O)(=O)CCCCS(=O)(=O)O)c1C#N. The Morgan fingerprint density at radius 3 is 2.14 bits per heavy atom. The van der Waals surface area contributed by atoms with E-state index in [1.54, 1.807) is 12.1 Å². The van der Waals surface area contributed by atoms with Crippen molar-refractivity contribution in [3.05, 3.63) is 29.3 Å². The molecule has 0 aliphatic rings. The summed E-state index contributed by atoms with van der Waals surface area (Å²) in [6, 6.07) is 7.39. The zero-order chi connectivity index (χ0) is 16.1.